The predicted molar refractivity (Wildman–Crippen MR) is 79.3 cm³/mol. The fourth-order valence-corrected chi connectivity index (χ4v) is 2.60. The second-order valence-electron chi connectivity index (χ2n) is 5.73. The van der Waals surface area contributed by atoms with Crippen LogP contribution >= 0.6 is 11.3 Å². The summed E-state index contributed by atoms with van der Waals surface area (Å²) in [7, 11) is 0. The van der Waals surface area contributed by atoms with Gasteiger partial charge in [-0.3, -0.25) is 0 Å². The number of hydrogen-bond donors (Lipinski definition) is 1. The molecule has 19 heavy (non-hydrogen) atoms. The molecule has 2 nitrogen and oxygen atoms in total. The van der Waals surface area contributed by atoms with Crippen molar-refractivity contribution in [2.75, 3.05) is 5.32 Å². The zero-order valence-corrected chi connectivity index (χ0v) is 12.6. The number of thiazole rings is 1. The number of aromatic nitrogens is 1. The van der Waals surface area contributed by atoms with Gasteiger partial charge in [-0.15, -0.1) is 11.3 Å². The number of nitrogens with one attached hydrogen (secondary N) is 1. The third-order valence-corrected chi connectivity index (χ3v) is 4.09. The van der Waals surface area contributed by atoms with Crippen LogP contribution in [0.25, 0.3) is 0 Å². The van der Waals surface area contributed by atoms with Crippen LogP contribution in [0.1, 0.15) is 37.0 Å². The van der Waals surface area contributed by atoms with Crippen molar-refractivity contribution in [3.8, 4) is 0 Å². The number of aryl methyl sites for hydroxylation is 1. The summed E-state index contributed by atoms with van der Waals surface area (Å²) >= 11 is 1.65. The van der Waals surface area contributed by atoms with Gasteiger partial charge >= 0.3 is 0 Å². The van der Waals surface area contributed by atoms with Crippen LogP contribution in [-0.4, -0.2) is 4.98 Å². The molecule has 1 N–H and O–H groups in total. The van der Waals surface area contributed by atoms with Crippen molar-refractivity contribution in [3.63, 3.8) is 0 Å². The summed E-state index contributed by atoms with van der Waals surface area (Å²) in [6.45, 7) is 8.92. The van der Waals surface area contributed by atoms with Gasteiger partial charge in [0.05, 0.1) is 22.9 Å². The predicted octanol–water partition coefficient (Wildman–Crippen LogP) is 4.50. The van der Waals surface area contributed by atoms with Crippen LogP contribution in [-0.2, 0) is 12.0 Å². The second-order valence-corrected chi connectivity index (χ2v) is 6.59. The average molecular weight is 278 g/mol. The minimum absolute atomic E-state index is 0.0670. The lowest BCUT2D eigenvalue weighted by Crippen LogP contribution is -2.11. The van der Waals surface area contributed by atoms with E-state index in [0.717, 1.165) is 16.3 Å². The Balaban J connectivity index is 2.06. The van der Waals surface area contributed by atoms with Crippen LogP contribution in [0.15, 0.2) is 23.6 Å². The molecular weight excluding hydrogens is 259 g/mol. The Hall–Kier alpha value is -1.42. The van der Waals surface area contributed by atoms with E-state index < -0.39 is 0 Å². The Morgan fingerprint density at radius 2 is 2.05 bits per heavy atom. The van der Waals surface area contributed by atoms with E-state index >= 15 is 0 Å². The smallest absolute Gasteiger partial charge is 0.146 e. The average Bonchev–Trinajstić information content (AvgIpc) is 2.79. The molecule has 0 aliphatic carbocycles. The maximum absolute atomic E-state index is 13.6. The summed E-state index contributed by atoms with van der Waals surface area (Å²) < 4.78 is 13.6. The summed E-state index contributed by atoms with van der Waals surface area (Å²) in [4.78, 5) is 4.58. The third kappa shape index (κ3) is 3.53. The van der Waals surface area contributed by atoms with Crippen LogP contribution in [0.5, 0.6) is 0 Å². The van der Waals surface area contributed by atoms with E-state index in [1.165, 1.54) is 6.07 Å². The largest absolute Gasteiger partial charge is 0.377 e. The lowest BCUT2D eigenvalue weighted by atomic mass is 9.98. The number of rotatable bonds is 3. The van der Waals surface area contributed by atoms with Gasteiger partial charge in [0, 0.05) is 10.8 Å². The highest BCUT2D eigenvalue weighted by molar-refractivity contribution is 7.09. The molecule has 1 aromatic carbocycles. The monoisotopic (exact) mass is 278 g/mol. The van der Waals surface area contributed by atoms with Crippen LogP contribution < -0.4 is 5.32 Å². The summed E-state index contributed by atoms with van der Waals surface area (Å²) in [6, 6.07) is 5.06. The zero-order valence-electron chi connectivity index (χ0n) is 11.7. The lowest BCUT2D eigenvalue weighted by Gasteiger charge is -2.13. The molecule has 0 aliphatic heterocycles. The van der Waals surface area contributed by atoms with E-state index in [9.17, 15) is 4.39 Å². The second kappa shape index (κ2) is 5.29. The molecule has 2 rings (SSSR count). The maximum Gasteiger partial charge on any atom is 0.146 e. The third-order valence-electron chi connectivity index (χ3n) is 2.78. The molecule has 0 aliphatic rings. The normalized spacial score (nSPS) is 11.6. The first-order valence-electron chi connectivity index (χ1n) is 6.31. The Morgan fingerprint density at radius 1 is 1.32 bits per heavy atom. The fourth-order valence-electron chi connectivity index (χ4n) is 1.69. The van der Waals surface area contributed by atoms with Gasteiger partial charge in [-0.05, 0) is 24.6 Å². The highest BCUT2D eigenvalue weighted by Crippen LogP contribution is 2.26. The minimum Gasteiger partial charge on any atom is -0.377 e. The number of hydrogen-bond acceptors (Lipinski definition) is 3. The SMILES string of the molecule is Cc1ccc(F)c(NCc2csc(C(C)(C)C)n2)c1. The van der Waals surface area contributed by atoms with Gasteiger partial charge in [0.15, 0.2) is 0 Å². The van der Waals surface area contributed by atoms with Crippen molar-refractivity contribution in [2.24, 2.45) is 0 Å². The Kier molecular flexibility index (Phi) is 3.90. The van der Waals surface area contributed by atoms with Gasteiger partial charge in [0.1, 0.15) is 5.82 Å². The molecule has 1 heterocycles. The first kappa shape index (κ1) is 14.0. The molecule has 0 spiro atoms. The molecule has 0 radical (unpaired) electrons. The van der Waals surface area contributed by atoms with Gasteiger partial charge in [-0.25, -0.2) is 9.37 Å². The van der Waals surface area contributed by atoms with E-state index in [1.807, 2.05) is 18.4 Å². The van der Waals surface area contributed by atoms with Gasteiger partial charge < -0.3 is 5.32 Å². The molecule has 0 unspecified atom stereocenters. The van der Waals surface area contributed by atoms with Gasteiger partial charge in [-0.1, -0.05) is 26.8 Å². The van der Waals surface area contributed by atoms with Crippen molar-refractivity contribution < 1.29 is 4.39 Å². The molecular formula is C15H19FN2S. The van der Waals surface area contributed by atoms with Crippen molar-refractivity contribution >= 4 is 17.0 Å². The van der Waals surface area contributed by atoms with Gasteiger partial charge in [0.2, 0.25) is 0 Å². The quantitative estimate of drug-likeness (QED) is 0.894. The molecule has 2 aromatic rings. The van der Waals surface area contributed by atoms with E-state index in [0.29, 0.717) is 12.2 Å². The summed E-state index contributed by atoms with van der Waals surface area (Å²) in [5.74, 6) is -0.225. The number of benzene rings is 1. The van der Waals surface area contributed by atoms with Crippen LogP contribution in [0, 0.1) is 12.7 Å². The molecule has 0 saturated heterocycles. The Labute approximate surface area is 117 Å². The highest BCUT2D eigenvalue weighted by Gasteiger charge is 2.17. The lowest BCUT2D eigenvalue weighted by molar-refractivity contribution is 0.583. The van der Waals surface area contributed by atoms with Crippen LogP contribution in [0.2, 0.25) is 0 Å². The van der Waals surface area contributed by atoms with E-state index in [4.69, 9.17) is 0 Å². The molecule has 4 heteroatoms. The molecule has 0 bridgehead atoms. The molecule has 0 amide bonds. The van der Waals surface area contributed by atoms with Crippen molar-refractivity contribution in [2.45, 2.75) is 39.7 Å². The number of anilines is 1. The van der Waals surface area contributed by atoms with E-state index in [1.54, 1.807) is 17.4 Å². The zero-order chi connectivity index (χ0) is 14.0. The van der Waals surface area contributed by atoms with Crippen molar-refractivity contribution in [1.82, 2.24) is 4.98 Å². The summed E-state index contributed by atoms with van der Waals surface area (Å²) in [5.41, 5.74) is 2.59. The first-order chi connectivity index (χ1) is 8.86. The van der Waals surface area contributed by atoms with Gasteiger partial charge in [-0.2, -0.15) is 0 Å². The molecule has 102 valence electrons. The maximum atomic E-state index is 13.6. The Morgan fingerprint density at radius 3 is 2.68 bits per heavy atom. The molecule has 0 atom stereocenters. The standard InChI is InChI=1S/C15H19FN2S/c1-10-5-6-12(16)13(7-10)17-8-11-9-19-14(18-11)15(2,3)4/h5-7,9,17H,8H2,1-4H3. The fraction of sp³-hybridized carbons (Fsp3) is 0.400. The van der Waals surface area contributed by atoms with Gasteiger partial charge in [0.25, 0.3) is 0 Å². The van der Waals surface area contributed by atoms with Crippen LogP contribution in [0.4, 0.5) is 10.1 Å². The van der Waals surface area contributed by atoms with Crippen molar-refractivity contribution in [1.29, 1.82) is 0 Å². The topological polar surface area (TPSA) is 24.9 Å². The molecule has 0 fully saturated rings. The number of nitrogens with zero attached hydrogens (tertiary/aromatic N) is 1. The van der Waals surface area contributed by atoms with Crippen molar-refractivity contribution in [3.05, 3.63) is 45.7 Å². The number of halogens is 1. The summed E-state index contributed by atoms with van der Waals surface area (Å²) in [6.07, 6.45) is 0. The minimum atomic E-state index is -0.225. The Bertz CT molecular complexity index is 570. The van der Waals surface area contributed by atoms with Crippen LogP contribution in [0.3, 0.4) is 0 Å². The first-order valence-corrected chi connectivity index (χ1v) is 7.19. The highest BCUT2D eigenvalue weighted by atomic mass is 32.1. The summed E-state index contributed by atoms with van der Waals surface area (Å²) in [5, 5.41) is 6.24. The molecule has 0 saturated carbocycles. The van der Waals surface area contributed by atoms with E-state index in [2.05, 4.69) is 31.1 Å². The molecule has 1 aromatic heterocycles. The van der Waals surface area contributed by atoms with E-state index in [-0.39, 0.29) is 11.2 Å².